The third kappa shape index (κ3) is 2.03. The van der Waals surface area contributed by atoms with Crippen molar-refractivity contribution < 1.29 is 0 Å². The molecule has 2 aromatic rings. The highest BCUT2D eigenvalue weighted by Gasteiger charge is 2.21. The summed E-state index contributed by atoms with van der Waals surface area (Å²) in [5.41, 5.74) is 2.31. The molecule has 2 aromatic heterocycles. The van der Waals surface area contributed by atoms with Gasteiger partial charge in [-0.1, -0.05) is 28.9 Å². The lowest BCUT2D eigenvalue weighted by Gasteiger charge is -2.31. The highest BCUT2D eigenvalue weighted by Crippen LogP contribution is 2.27. The molecule has 0 atom stereocenters. The molecule has 3 nitrogen and oxygen atoms in total. The molecule has 96 valence electrons. The highest BCUT2D eigenvalue weighted by molar-refractivity contribution is 9.08. The van der Waals surface area contributed by atoms with Crippen molar-refractivity contribution in [1.82, 2.24) is 9.38 Å². The maximum atomic E-state index is 4.79. The van der Waals surface area contributed by atoms with Crippen LogP contribution < -0.4 is 4.90 Å². The molecule has 1 saturated heterocycles. The average molecular weight is 308 g/mol. The molecule has 0 aromatic carbocycles. The minimum Gasteiger partial charge on any atom is -0.355 e. The van der Waals surface area contributed by atoms with E-state index in [0.29, 0.717) is 0 Å². The summed E-state index contributed by atoms with van der Waals surface area (Å²) in [6.07, 6.45) is 4.64. The van der Waals surface area contributed by atoms with Gasteiger partial charge in [-0.05, 0) is 30.9 Å². The van der Waals surface area contributed by atoms with Crippen LogP contribution in [0.25, 0.3) is 5.65 Å². The van der Waals surface area contributed by atoms with Crippen molar-refractivity contribution >= 4 is 27.4 Å². The minimum absolute atomic E-state index is 0.847. The van der Waals surface area contributed by atoms with Gasteiger partial charge in [0, 0.05) is 24.6 Å². The summed E-state index contributed by atoms with van der Waals surface area (Å²) in [6.45, 7) is 4.60. The van der Waals surface area contributed by atoms with Crippen molar-refractivity contribution in [3.8, 4) is 0 Å². The van der Waals surface area contributed by atoms with Crippen molar-refractivity contribution in [3.05, 3.63) is 30.1 Å². The first kappa shape index (κ1) is 12.0. The number of hydrogen-bond donors (Lipinski definition) is 0. The topological polar surface area (TPSA) is 20.5 Å². The van der Waals surface area contributed by atoms with Gasteiger partial charge in [0.15, 0.2) is 5.82 Å². The lowest BCUT2D eigenvalue weighted by molar-refractivity contribution is 0.436. The molecule has 0 amide bonds. The summed E-state index contributed by atoms with van der Waals surface area (Å²) in [4.78, 5) is 7.23. The van der Waals surface area contributed by atoms with Crippen LogP contribution in [0.1, 0.15) is 25.5 Å². The zero-order valence-electron chi connectivity index (χ0n) is 10.6. The average Bonchev–Trinajstić information content (AvgIpc) is 2.78. The van der Waals surface area contributed by atoms with Crippen LogP contribution in [0.3, 0.4) is 0 Å². The summed E-state index contributed by atoms with van der Waals surface area (Å²) in [6, 6.07) is 6.17. The molecule has 1 aliphatic rings. The Morgan fingerprint density at radius 2 is 2.11 bits per heavy atom. The Bertz CT molecular complexity index is 541. The van der Waals surface area contributed by atoms with Gasteiger partial charge in [0.05, 0.1) is 5.69 Å². The Kier molecular flexibility index (Phi) is 3.29. The minimum atomic E-state index is 0.847. The number of nitrogens with zero attached hydrogens (tertiary/aromatic N) is 3. The van der Waals surface area contributed by atoms with Crippen LogP contribution in [0.15, 0.2) is 24.4 Å². The van der Waals surface area contributed by atoms with Crippen molar-refractivity contribution in [2.24, 2.45) is 5.92 Å². The van der Waals surface area contributed by atoms with E-state index >= 15 is 0 Å². The van der Waals surface area contributed by atoms with E-state index < -0.39 is 0 Å². The Hall–Kier alpha value is -1.03. The molecule has 0 N–H and O–H groups in total. The predicted molar refractivity (Wildman–Crippen MR) is 78.4 cm³/mol. The standard InChI is InChI=1S/C14H18BrN3/c1-11-5-8-17(9-6-11)14-12(10-15)18-7-3-2-4-13(18)16-14/h2-4,7,11H,5-6,8-10H2,1H3. The fourth-order valence-corrected chi connectivity index (χ4v) is 3.15. The molecule has 1 aliphatic heterocycles. The SMILES string of the molecule is CC1CCN(c2nc3ccccn3c2CBr)CC1. The Morgan fingerprint density at radius 1 is 1.33 bits per heavy atom. The van der Waals surface area contributed by atoms with E-state index in [2.05, 4.69) is 50.5 Å². The van der Waals surface area contributed by atoms with E-state index in [-0.39, 0.29) is 0 Å². The third-order valence-electron chi connectivity index (χ3n) is 3.82. The molecule has 0 spiro atoms. The molecule has 0 saturated carbocycles. The molecule has 1 fully saturated rings. The second-order valence-corrected chi connectivity index (χ2v) is 5.67. The smallest absolute Gasteiger partial charge is 0.152 e. The molecule has 0 bridgehead atoms. The Balaban J connectivity index is 2.00. The van der Waals surface area contributed by atoms with Crippen LogP contribution in [0, 0.1) is 5.92 Å². The normalized spacial score (nSPS) is 17.6. The van der Waals surface area contributed by atoms with Crippen molar-refractivity contribution in [2.75, 3.05) is 18.0 Å². The predicted octanol–water partition coefficient (Wildman–Crippen LogP) is 3.47. The van der Waals surface area contributed by atoms with E-state index in [4.69, 9.17) is 4.98 Å². The summed E-state index contributed by atoms with van der Waals surface area (Å²) >= 11 is 3.60. The molecule has 0 radical (unpaired) electrons. The van der Waals surface area contributed by atoms with Crippen LogP contribution in [-0.2, 0) is 5.33 Å². The first-order valence-electron chi connectivity index (χ1n) is 6.56. The van der Waals surface area contributed by atoms with Gasteiger partial charge in [-0.25, -0.2) is 4.98 Å². The fraction of sp³-hybridized carbons (Fsp3) is 0.500. The fourth-order valence-electron chi connectivity index (χ4n) is 2.63. The first-order valence-corrected chi connectivity index (χ1v) is 7.68. The van der Waals surface area contributed by atoms with Gasteiger partial charge in [0.25, 0.3) is 0 Å². The molecule has 4 heteroatoms. The van der Waals surface area contributed by atoms with Crippen LogP contribution in [0.5, 0.6) is 0 Å². The van der Waals surface area contributed by atoms with Gasteiger partial charge in [-0.2, -0.15) is 0 Å². The molecule has 3 rings (SSSR count). The van der Waals surface area contributed by atoms with Crippen molar-refractivity contribution in [3.63, 3.8) is 0 Å². The van der Waals surface area contributed by atoms with Gasteiger partial charge in [-0.3, -0.25) is 0 Å². The third-order valence-corrected chi connectivity index (χ3v) is 4.35. The Labute approximate surface area is 116 Å². The molecule has 3 heterocycles. The zero-order valence-corrected chi connectivity index (χ0v) is 12.2. The second kappa shape index (κ2) is 4.92. The maximum absolute atomic E-state index is 4.79. The number of hydrogen-bond acceptors (Lipinski definition) is 2. The summed E-state index contributed by atoms with van der Waals surface area (Å²) < 4.78 is 2.18. The number of halogens is 1. The summed E-state index contributed by atoms with van der Waals surface area (Å²) in [5.74, 6) is 2.01. The number of pyridine rings is 1. The number of rotatable bonds is 2. The number of alkyl halides is 1. The number of anilines is 1. The van der Waals surface area contributed by atoms with Crippen LogP contribution in [-0.4, -0.2) is 22.5 Å². The Morgan fingerprint density at radius 3 is 2.83 bits per heavy atom. The summed E-state index contributed by atoms with van der Waals surface area (Å²) in [7, 11) is 0. The lowest BCUT2D eigenvalue weighted by atomic mass is 9.99. The van der Waals surface area contributed by atoms with E-state index in [1.165, 1.54) is 18.5 Å². The van der Waals surface area contributed by atoms with Crippen LogP contribution in [0.4, 0.5) is 5.82 Å². The van der Waals surface area contributed by atoms with Crippen LogP contribution >= 0.6 is 15.9 Å². The second-order valence-electron chi connectivity index (χ2n) is 5.11. The van der Waals surface area contributed by atoms with Gasteiger partial charge in [0.2, 0.25) is 0 Å². The monoisotopic (exact) mass is 307 g/mol. The number of imidazole rings is 1. The van der Waals surface area contributed by atoms with E-state index in [1.807, 2.05) is 6.07 Å². The van der Waals surface area contributed by atoms with Crippen molar-refractivity contribution in [2.45, 2.75) is 25.1 Å². The molecular formula is C14H18BrN3. The van der Waals surface area contributed by atoms with Crippen LogP contribution in [0.2, 0.25) is 0 Å². The molecular weight excluding hydrogens is 290 g/mol. The molecule has 0 unspecified atom stereocenters. The number of piperidine rings is 1. The first-order chi connectivity index (χ1) is 8.79. The van der Waals surface area contributed by atoms with Gasteiger partial charge >= 0.3 is 0 Å². The van der Waals surface area contributed by atoms with Crippen molar-refractivity contribution in [1.29, 1.82) is 0 Å². The highest BCUT2D eigenvalue weighted by atomic mass is 79.9. The van der Waals surface area contributed by atoms with E-state index in [9.17, 15) is 0 Å². The number of fused-ring (bicyclic) bond motifs is 1. The van der Waals surface area contributed by atoms with E-state index in [1.54, 1.807) is 0 Å². The molecule has 0 aliphatic carbocycles. The lowest BCUT2D eigenvalue weighted by Crippen LogP contribution is -2.33. The largest absolute Gasteiger partial charge is 0.355 e. The van der Waals surface area contributed by atoms with E-state index in [0.717, 1.165) is 35.8 Å². The summed E-state index contributed by atoms with van der Waals surface area (Å²) in [5, 5.41) is 0.847. The van der Waals surface area contributed by atoms with Gasteiger partial charge in [0.1, 0.15) is 5.65 Å². The quantitative estimate of drug-likeness (QED) is 0.792. The maximum Gasteiger partial charge on any atom is 0.152 e. The number of aromatic nitrogens is 2. The molecule has 18 heavy (non-hydrogen) atoms. The zero-order chi connectivity index (χ0) is 12.5. The van der Waals surface area contributed by atoms with Gasteiger partial charge < -0.3 is 9.30 Å². The van der Waals surface area contributed by atoms with Gasteiger partial charge in [-0.15, -0.1) is 0 Å².